The summed E-state index contributed by atoms with van der Waals surface area (Å²) in [4.78, 5) is 26.3. The molecule has 148 valence electrons. The van der Waals surface area contributed by atoms with Crippen LogP contribution in [0.4, 0.5) is 9.18 Å². The number of imide groups is 1. The predicted molar refractivity (Wildman–Crippen MR) is 102 cm³/mol. The van der Waals surface area contributed by atoms with E-state index in [1.54, 1.807) is 55.5 Å². The molecule has 4 rings (SSSR count). The second kappa shape index (κ2) is 7.43. The van der Waals surface area contributed by atoms with Gasteiger partial charge in [0.05, 0.1) is 12.8 Å². The van der Waals surface area contributed by atoms with E-state index in [2.05, 4.69) is 5.32 Å². The van der Waals surface area contributed by atoms with E-state index < -0.39 is 11.6 Å². The number of carbonyl (C=O) groups excluding carboxylic acids is 2. The third kappa shape index (κ3) is 3.71. The minimum absolute atomic E-state index is 0.138. The van der Waals surface area contributed by atoms with Crippen LogP contribution in [0, 0.1) is 5.82 Å². The number of hydrogen-bond donors (Lipinski definition) is 1. The van der Waals surface area contributed by atoms with Crippen molar-refractivity contribution in [2.24, 2.45) is 0 Å². The number of nitrogens with one attached hydrogen (secondary N) is 1. The molecule has 3 amide bonds. The van der Waals surface area contributed by atoms with Crippen molar-refractivity contribution in [2.45, 2.75) is 25.6 Å². The van der Waals surface area contributed by atoms with E-state index in [1.165, 1.54) is 18.4 Å². The van der Waals surface area contributed by atoms with Crippen LogP contribution >= 0.6 is 0 Å². The summed E-state index contributed by atoms with van der Waals surface area (Å²) in [5.41, 5.74) is 0.428. The number of carbonyl (C=O) groups is 2. The lowest BCUT2D eigenvalue weighted by atomic mass is 9.99. The van der Waals surface area contributed by atoms with Crippen molar-refractivity contribution in [3.63, 3.8) is 0 Å². The monoisotopic (exact) mass is 394 g/mol. The van der Waals surface area contributed by atoms with Gasteiger partial charge in [-0.1, -0.05) is 24.3 Å². The Morgan fingerprint density at radius 3 is 2.38 bits per heavy atom. The molecule has 3 aromatic rings. The van der Waals surface area contributed by atoms with Crippen LogP contribution in [0.1, 0.15) is 23.8 Å². The van der Waals surface area contributed by atoms with Crippen LogP contribution in [0.3, 0.4) is 0 Å². The lowest BCUT2D eigenvalue weighted by molar-refractivity contribution is -0.132. The topological polar surface area (TPSA) is 71.8 Å². The largest absolute Gasteiger partial charge is 0.489 e. The fourth-order valence-corrected chi connectivity index (χ4v) is 3.19. The number of hydrogen-bond acceptors (Lipinski definition) is 4. The summed E-state index contributed by atoms with van der Waals surface area (Å²) in [6.45, 7) is 2.08. The maximum Gasteiger partial charge on any atom is 0.325 e. The third-order valence-corrected chi connectivity index (χ3v) is 4.87. The van der Waals surface area contributed by atoms with Gasteiger partial charge < -0.3 is 14.5 Å². The van der Waals surface area contributed by atoms with Crippen molar-refractivity contribution in [3.8, 4) is 5.75 Å². The van der Waals surface area contributed by atoms with Crippen molar-refractivity contribution >= 4 is 11.9 Å². The number of furan rings is 1. The zero-order valence-corrected chi connectivity index (χ0v) is 15.7. The first-order valence-corrected chi connectivity index (χ1v) is 9.10. The van der Waals surface area contributed by atoms with Gasteiger partial charge in [0.2, 0.25) is 0 Å². The molecule has 1 aromatic heterocycles. The van der Waals surface area contributed by atoms with Crippen molar-refractivity contribution in [2.75, 3.05) is 0 Å². The molecule has 1 aliphatic rings. The first-order valence-electron chi connectivity index (χ1n) is 9.10. The predicted octanol–water partition coefficient (Wildman–Crippen LogP) is 3.96. The molecule has 1 atom stereocenters. The molecule has 1 saturated heterocycles. The van der Waals surface area contributed by atoms with E-state index in [4.69, 9.17) is 9.15 Å². The number of halogens is 1. The van der Waals surface area contributed by atoms with Gasteiger partial charge in [0.25, 0.3) is 5.91 Å². The first-order chi connectivity index (χ1) is 14.0. The lowest BCUT2D eigenvalue weighted by Crippen LogP contribution is -2.40. The van der Waals surface area contributed by atoms with E-state index >= 15 is 0 Å². The van der Waals surface area contributed by atoms with E-state index in [9.17, 15) is 14.0 Å². The molecule has 1 fully saturated rings. The van der Waals surface area contributed by atoms with Crippen molar-refractivity contribution in [1.29, 1.82) is 0 Å². The Labute approximate surface area is 166 Å². The highest BCUT2D eigenvalue weighted by molar-refractivity contribution is 6.06. The van der Waals surface area contributed by atoms with E-state index in [-0.39, 0.29) is 18.3 Å². The van der Waals surface area contributed by atoms with Crippen LogP contribution in [0.25, 0.3) is 0 Å². The Morgan fingerprint density at radius 2 is 1.72 bits per heavy atom. The molecular formula is C22H19FN2O4. The molecule has 29 heavy (non-hydrogen) atoms. The number of nitrogens with zero attached hydrogens (tertiary/aromatic N) is 1. The quantitative estimate of drug-likeness (QED) is 0.643. The molecule has 0 aliphatic carbocycles. The van der Waals surface area contributed by atoms with E-state index in [1.807, 2.05) is 0 Å². The van der Waals surface area contributed by atoms with E-state index in [0.717, 1.165) is 16.0 Å². The molecule has 6 nitrogen and oxygen atoms in total. The number of amides is 3. The van der Waals surface area contributed by atoms with Gasteiger partial charge in [0.1, 0.15) is 23.9 Å². The number of ether oxygens (including phenoxy) is 1. The molecule has 0 spiro atoms. The van der Waals surface area contributed by atoms with Crippen LogP contribution < -0.4 is 10.1 Å². The summed E-state index contributed by atoms with van der Waals surface area (Å²) in [6.07, 6.45) is 1.47. The van der Waals surface area contributed by atoms with E-state index in [0.29, 0.717) is 18.1 Å². The summed E-state index contributed by atoms with van der Waals surface area (Å²) in [7, 11) is 0. The van der Waals surface area contributed by atoms with Gasteiger partial charge in [-0.05, 0) is 54.4 Å². The number of urea groups is 1. The smallest absolute Gasteiger partial charge is 0.325 e. The van der Waals surface area contributed by atoms with Gasteiger partial charge in [-0.2, -0.15) is 0 Å². The van der Waals surface area contributed by atoms with Crippen LogP contribution in [0.5, 0.6) is 5.75 Å². The molecule has 1 N–H and O–H groups in total. The Hall–Kier alpha value is -3.61. The van der Waals surface area contributed by atoms with Gasteiger partial charge in [0, 0.05) is 0 Å². The highest BCUT2D eigenvalue weighted by Gasteiger charge is 2.50. The fourth-order valence-electron chi connectivity index (χ4n) is 3.19. The highest BCUT2D eigenvalue weighted by atomic mass is 19.1. The van der Waals surface area contributed by atoms with Crippen molar-refractivity contribution < 1.29 is 23.1 Å². The first kappa shape index (κ1) is 18.7. The molecule has 7 heteroatoms. The summed E-state index contributed by atoms with van der Waals surface area (Å²) in [6, 6.07) is 16.1. The van der Waals surface area contributed by atoms with Gasteiger partial charge in [-0.25, -0.2) is 9.18 Å². The third-order valence-electron chi connectivity index (χ3n) is 4.87. The molecule has 0 unspecified atom stereocenters. The van der Waals surface area contributed by atoms with Gasteiger partial charge in [0.15, 0.2) is 5.54 Å². The normalized spacial score (nSPS) is 18.8. The van der Waals surface area contributed by atoms with Crippen LogP contribution in [-0.4, -0.2) is 16.8 Å². The van der Waals surface area contributed by atoms with Gasteiger partial charge in [-0.15, -0.1) is 0 Å². The highest BCUT2D eigenvalue weighted by Crippen LogP contribution is 2.30. The average molecular weight is 394 g/mol. The second-order valence-electron chi connectivity index (χ2n) is 6.98. The molecule has 2 heterocycles. The summed E-state index contributed by atoms with van der Waals surface area (Å²) >= 11 is 0. The van der Waals surface area contributed by atoms with Crippen LogP contribution in [-0.2, 0) is 23.5 Å². The summed E-state index contributed by atoms with van der Waals surface area (Å²) in [5.74, 6) is 0.370. The maximum absolute atomic E-state index is 12.9. The zero-order chi connectivity index (χ0) is 20.4. The van der Waals surface area contributed by atoms with Crippen molar-refractivity contribution in [1.82, 2.24) is 10.2 Å². The van der Waals surface area contributed by atoms with Crippen molar-refractivity contribution in [3.05, 3.63) is 89.6 Å². The zero-order valence-electron chi connectivity index (χ0n) is 15.7. The van der Waals surface area contributed by atoms with Gasteiger partial charge >= 0.3 is 6.03 Å². The van der Waals surface area contributed by atoms with Crippen LogP contribution in [0.2, 0.25) is 0 Å². The number of rotatable bonds is 6. The molecule has 0 radical (unpaired) electrons. The Balaban J connectivity index is 1.40. The maximum atomic E-state index is 12.9. The van der Waals surface area contributed by atoms with Crippen LogP contribution in [0.15, 0.2) is 71.3 Å². The second-order valence-corrected chi connectivity index (χ2v) is 6.98. The van der Waals surface area contributed by atoms with Gasteiger partial charge in [-0.3, -0.25) is 9.69 Å². The standard InChI is InChI=1S/C22H19FN2O4/c1-22(19-3-2-12-28-19)20(26)25(21(27)24-22)13-15-6-10-18(11-7-15)29-14-16-4-8-17(23)9-5-16/h2-12H,13-14H2,1H3,(H,24,27)/t22-/m1/s1. The minimum Gasteiger partial charge on any atom is -0.489 e. The summed E-state index contributed by atoms with van der Waals surface area (Å²) in [5, 5.41) is 2.70. The lowest BCUT2D eigenvalue weighted by Gasteiger charge is -2.19. The number of benzene rings is 2. The Bertz CT molecular complexity index is 1020. The molecular weight excluding hydrogens is 375 g/mol. The molecule has 2 aromatic carbocycles. The summed E-state index contributed by atoms with van der Waals surface area (Å²) < 4.78 is 24.0. The minimum atomic E-state index is -1.21. The average Bonchev–Trinajstić information content (AvgIpc) is 3.33. The SMILES string of the molecule is C[C@]1(c2ccco2)NC(=O)N(Cc2ccc(OCc3ccc(F)cc3)cc2)C1=O. The fraction of sp³-hybridized carbons (Fsp3) is 0.182. The Morgan fingerprint density at radius 1 is 1.03 bits per heavy atom. The molecule has 0 saturated carbocycles. The molecule has 1 aliphatic heterocycles. The molecule has 0 bridgehead atoms. The Kier molecular flexibility index (Phi) is 4.80.